The maximum atomic E-state index is 14.2. The Kier molecular flexibility index (Phi) is 5.75. The predicted molar refractivity (Wildman–Crippen MR) is 130 cm³/mol. The molecule has 0 radical (unpaired) electrons. The number of rotatable bonds is 5. The van der Waals surface area contributed by atoms with Crippen LogP contribution in [-0.2, 0) is 0 Å². The van der Waals surface area contributed by atoms with Gasteiger partial charge in [0.1, 0.15) is 0 Å². The lowest BCUT2D eigenvalue weighted by Crippen LogP contribution is -2.42. The van der Waals surface area contributed by atoms with Crippen LogP contribution in [0, 0.1) is 11.7 Å². The number of benzene rings is 2. The van der Waals surface area contributed by atoms with E-state index in [0.717, 1.165) is 60.9 Å². The largest absolute Gasteiger partial charge is 0.504 e. The van der Waals surface area contributed by atoms with Gasteiger partial charge in [0.05, 0.1) is 21.8 Å². The third-order valence-corrected chi connectivity index (χ3v) is 7.28. The van der Waals surface area contributed by atoms with E-state index in [1.54, 1.807) is 12.3 Å². The first kappa shape index (κ1) is 22.1. The Morgan fingerprint density at radius 3 is 2.55 bits per heavy atom. The van der Waals surface area contributed by atoms with Gasteiger partial charge in [-0.05, 0) is 81.2 Å². The summed E-state index contributed by atoms with van der Waals surface area (Å²) >= 11 is 6.03. The Morgan fingerprint density at radius 1 is 1.15 bits per heavy atom. The van der Waals surface area contributed by atoms with Crippen LogP contribution in [0.5, 0.6) is 5.75 Å². The van der Waals surface area contributed by atoms with Gasteiger partial charge in [-0.2, -0.15) is 0 Å². The molecule has 0 spiro atoms. The molecular weight excluding hydrogens is 441 g/mol. The van der Waals surface area contributed by atoms with Crippen LogP contribution < -0.4 is 4.90 Å². The maximum absolute atomic E-state index is 14.2. The van der Waals surface area contributed by atoms with Crippen LogP contribution >= 0.6 is 11.6 Å². The molecule has 2 aliphatic rings. The number of hydrogen-bond donors (Lipinski definition) is 1. The summed E-state index contributed by atoms with van der Waals surface area (Å²) in [6, 6.07) is 8.85. The number of aromatic nitrogens is 1. The lowest BCUT2D eigenvalue weighted by atomic mass is 9.96. The summed E-state index contributed by atoms with van der Waals surface area (Å²) in [5.41, 5.74) is 3.66. The SMILES string of the molecule is CN1CCC(N(C)c2c(C(=O)C3CC3)cnc3ccc(-c4cc(F)c(O)c(Cl)c4)cc23)CC1. The van der Waals surface area contributed by atoms with Gasteiger partial charge >= 0.3 is 0 Å². The van der Waals surface area contributed by atoms with Gasteiger partial charge in [0, 0.05) is 30.6 Å². The van der Waals surface area contributed by atoms with Gasteiger partial charge in [0.25, 0.3) is 0 Å². The molecule has 0 amide bonds. The zero-order chi connectivity index (χ0) is 23.3. The van der Waals surface area contributed by atoms with Crippen LogP contribution in [-0.4, -0.2) is 54.0 Å². The second-order valence-electron chi connectivity index (χ2n) is 9.32. The minimum atomic E-state index is -0.767. The summed E-state index contributed by atoms with van der Waals surface area (Å²) in [6.45, 7) is 2.03. The van der Waals surface area contributed by atoms with Crippen molar-refractivity contribution in [2.24, 2.45) is 5.92 Å². The second kappa shape index (κ2) is 8.58. The zero-order valence-corrected chi connectivity index (χ0v) is 19.6. The van der Waals surface area contributed by atoms with E-state index in [2.05, 4.69) is 28.9 Å². The molecule has 5 rings (SSSR count). The lowest BCUT2D eigenvalue weighted by molar-refractivity contribution is 0.0967. The van der Waals surface area contributed by atoms with E-state index >= 15 is 0 Å². The smallest absolute Gasteiger partial charge is 0.170 e. The van der Waals surface area contributed by atoms with Crippen LogP contribution in [0.4, 0.5) is 10.1 Å². The topological polar surface area (TPSA) is 56.7 Å². The highest BCUT2D eigenvalue weighted by atomic mass is 35.5. The fourth-order valence-corrected chi connectivity index (χ4v) is 4.99. The average Bonchev–Trinajstić information content (AvgIpc) is 3.66. The summed E-state index contributed by atoms with van der Waals surface area (Å²) < 4.78 is 14.2. The van der Waals surface area contributed by atoms with E-state index in [1.807, 2.05) is 18.2 Å². The van der Waals surface area contributed by atoms with Crippen LogP contribution in [0.15, 0.2) is 36.5 Å². The van der Waals surface area contributed by atoms with Crippen molar-refractivity contribution in [3.05, 3.63) is 52.9 Å². The van der Waals surface area contributed by atoms with Crippen LogP contribution in [0.1, 0.15) is 36.0 Å². The van der Waals surface area contributed by atoms with E-state index in [9.17, 15) is 14.3 Å². The first-order valence-electron chi connectivity index (χ1n) is 11.4. The van der Waals surface area contributed by atoms with Gasteiger partial charge in [0.2, 0.25) is 0 Å². The van der Waals surface area contributed by atoms with E-state index in [4.69, 9.17) is 11.6 Å². The molecule has 0 bridgehead atoms. The molecule has 3 aromatic rings. The molecule has 0 unspecified atom stereocenters. The fraction of sp³-hybridized carbons (Fsp3) is 0.385. The third-order valence-electron chi connectivity index (χ3n) is 6.99. The number of carbonyl (C=O) groups is 1. The Labute approximate surface area is 197 Å². The molecule has 2 aromatic carbocycles. The van der Waals surface area contributed by atoms with Gasteiger partial charge < -0.3 is 14.9 Å². The number of pyridine rings is 1. The van der Waals surface area contributed by atoms with E-state index in [-0.39, 0.29) is 16.7 Å². The number of carbonyl (C=O) groups excluding carboxylic acids is 1. The van der Waals surface area contributed by atoms with Gasteiger partial charge in [-0.1, -0.05) is 17.7 Å². The Balaban J connectivity index is 1.66. The molecule has 5 nitrogen and oxygen atoms in total. The number of aromatic hydroxyl groups is 1. The molecule has 172 valence electrons. The summed E-state index contributed by atoms with van der Waals surface area (Å²) in [6.07, 6.45) is 5.62. The highest BCUT2D eigenvalue weighted by molar-refractivity contribution is 6.32. The Morgan fingerprint density at radius 2 is 1.88 bits per heavy atom. The molecule has 2 fully saturated rings. The first-order chi connectivity index (χ1) is 15.8. The van der Waals surface area contributed by atoms with Crippen molar-refractivity contribution in [1.29, 1.82) is 0 Å². The summed E-state index contributed by atoms with van der Waals surface area (Å²) in [5, 5.41) is 10.5. The van der Waals surface area contributed by atoms with Crippen molar-refractivity contribution in [1.82, 2.24) is 9.88 Å². The number of ketones is 1. The predicted octanol–water partition coefficient (Wildman–Crippen LogP) is 5.52. The molecule has 1 aliphatic carbocycles. The number of piperidine rings is 1. The molecule has 1 aliphatic heterocycles. The average molecular weight is 468 g/mol. The highest BCUT2D eigenvalue weighted by Gasteiger charge is 2.34. The van der Waals surface area contributed by atoms with Crippen molar-refractivity contribution in [2.45, 2.75) is 31.7 Å². The van der Waals surface area contributed by atoms with Gasteiger partial charge in [-0.3, -0.25) is 9.78 Å². The van der Waals surface area contributed by atoms with Crippen molar-refractivity contribution in [2.75, 3.05) is 32.1 Å². The number of nitrogens with zero attached hydrogens (tertiary/aromatic N) is 3. The molecule has 1 saturated carbocycles. The first-order valence-corrected chi connectivity index (χ1v) is 11.8. The molecule has 1 aromatic heterocycles. The van der Waals surface area contributed by atoms with Gasteiger partial charge in [-0.15, -0.1) is 0 Å². The standard InChI is InChI=1S/C26H27ClFN3O2/c1-30-9-7-18(8-10-30)31(2)24-19-11-16(17-12-21(27)26(33)22(28)13-17)5-6-23(19)29-14-20(24)25(32)15-3-4-15/h5-6,11-15,18,33H,3-4,7-10H2,1-2H3. The molecule has 33 heavy (non-hydrogen) atoms. The van der Waals surface area contributed by atoms with E-state index in [0.29, 0.717) is 17.2 Å². The minimum Gasteiger partial charge on any atom is -0.504 e. The normalized spacial score (nSPS) is 17.5. The maximum Gasteiger partial charge on any atom is 0.170 e. The minimum absolute atomic E-state index is 0.0375. The molecule has 1 saturated heterocycles. The number of phenolic OH excluding ortho intramolecular Hbond substituents is 1. The quantitative estimate of drug-likeness (QED) is 0.500. The zero-order valence-electron chi connectivity index (χ0n) is 18.8. The van der Waals surface area contributed by atoms with Crippen LogP contribution in [0.25, 0.3) is 22.0 Å². The summed E-state index contributed by atoms with van der Waals surface area (Å²) in [7, 11) is 4.20. The number of fused-ring (bicyclic) bond motifs is 1. The monoisotopic (exact) mass is 467 g/mol. The number of phenols is 1. The molecule has 0 atom stereocenters. The molecule has 1 N–H and O–H groups in total. The lowest BCUT2D eigenvalue weighted by Gasteiger charge is -2.37. The van der Waals surface area contributed by atoms with Crippen molar-refractivity contribution in [3.63, 3.8) is 0 Å². The van der Waals surface area contributed by atoms with E-state index in [1.165, 1.54) is 6.07 Å². The highest BCUT2D eigenvalue weighted by Crippen LogP contribution is 2.40. The number of likely N-dealkylation sites (tertiary alicyclic amines) is 1. The molecule has 2 heterocycles. The Bertz CT molecular complexity index is 1210. The number of halogens is 2. The number of anilines is 1. The van der Waals surface area contributed by atoms with Crippen LogP contribution in [0.2, 0.25) is 5.02 Å². The van der Waals surface area contributed by atoms with Crippen molar-refractivity contribution < 1.29 is 14.3 Å². The van der Waals surface area contributed by atoms with Crippen molar-refractivity contribution >= 4 is 34.0 Å². The van der Waals surface area contributed by atoms with Gasteiger partial charge in [-0.25, -0.2) is 4.39 Å². The second-order valence-corrected chi connectivity index (χ2v) is 9.73. The fourth-order valence-electron chi connectivity index (χ4n) is 4.78. The number of Topliss-reactive ketones (excluding diaryl/α,β-unsaturated/α-hetero) is 1. The van der Waals surface area contributed by atoms with Gasteiger partial charge in [0.15, 0.2) is 17.3 Å². The van der Waals surface area contributed by atoms with Crippen molar-refractivity contribution in [3.8, 4) is 16.9 Å². The van der Waals surface area contributed by atoms with E-state index < -0.39 is 11.6 Å². The summed E-state index contributed by atoms with van der Waals surface area (Å²) in [4.78, 5) is 22.4. The number of hydrogen-bond acceptors (Lipinski definition) is 5. The Hall–Kier alpha value is -2.70. The third kappa shape index (κ3) is 4.18. The molecule has 7 heteroatoms. The molecular formula is C26H27ClFN3O2. The summed E-state index contributed by atoms with van der Waals surface area (Å²) in [5.74, 6) is -1.08. The van der Waals surface area contributed by atoms with Crippen LogP contribution in [0.3, 0.4) is 0 Å².